The van der Waals surface area contributed by atoms with E-state index in [0.717, 1.165) is 38.8 Å². The van der Waals surface area contributed by atoms with Crippen LogP contribution in [0.15, 0.2) is 0 Å². The molecule has 25 heavy (non-hydrogen) atoms. The molecule has 140 valence electrons. The summed E-state index contributed by atoms with van der Waals surface area (Å²) in [6.07, 6.45) is 7.26. The van der Waals surface area contributed by atoms with Crippen molar-refractivity contribution in [1.82, 2.24) is 15.1 Å². The Hall–Kier alpha value is -1.79. The molecule has 1 saturated carbocycles. The van der Waals surface area contributed by atoms with Crippen LogP contribution in [0, 0.1) is 11.3 Å². The Morgan fingerprint density at radius 3 is 2.40 bits per heavy atom. The first kappa shape index (κ1) is 18.0. The third kappa shape index (κ3) is 3.75. The molecule has 0 radical (unpaired) electrons. The Kier molecular flexibility index (Phi) is 5.49. The highest BCUT2D eigenvalue weighted by Crippen LogP contribution is 2.48. The van der Waals surface area contributed by atoms with Crippen molar-refractivity contribution < 1.29 is 19.5 Å². The summed E-state index contributed by atoms with van der Waals surface area (Å²) in [5, 5.41) is 12.4. The third-order valence-electron chi connectivity index (χ3n) is 6.16. The molecule has 3 aliphatic rings. The molecule has 7 heteroatoms. The van der Waals surface area contributed by atoms with Crippen molar-refractivity contribution in [2.24, 2.45) is 11.3 Å². The van der Waals surface area contributed by atoms with E-state index in [1.807, 2.05) is 4.90 Å². The Bertz CT molecular complexity index is 530. The lowest BCUT2D eigenvalue weighted by molar-refractivity contribution is -0.149. The van der Waals surface area contributed by atoms with Crippen molar-refractivity contribution in [1.29, 1.82) is 0 Å². The van der Waals surface area contributed by atoms with E-state index in [2.05, 4.69) is 5.32 Å². The van der Waals surface area contributed by atoms with Crippen LogP contribution in [0.3, 0.4) is 0 Å². The molecule has 2 aliphatic heterocycles. The zero-order chi connectivity index (χ0) is 17.9. The second-order valence-electron chi connectivity index (χ2n) is 7.71. The van der Waals surface area contributed by atoms with Gasteiger partial charge in [-0.15, -0.1) is 0 Å². The Labute approximate surface area is 148 Å². The van der Waals surface area contributed by atoms with E-state index >= 15 is 0 Å². The molecular weight excluding hydrogens is 322 g/mol. The van der Waals surface area contributed by atoms with Crippen LogP contribution in [-0.4, -0.2) is 65.5 Å². The highest BCUT2D eigenvalue weighted by Gasteiger charge is 2.55. The highest BCUT2D eigenvalue weighted by atomic mass is 16.4. The first-order valence-electron chi connectivity index (χ1n) is 9.57. The topological polar surface area (TPSA) is 90.0 Å². The van der Waals surface area contributed by atoms with Crippen LogP contribution < -0.4 is 5.32 Å². The number of likely N-dealkylation sites (tertiary alicyclic amines) is 2. The van der Waals surface area contributed by atoms with Crippen molar-refractivity contribution in [3.05, 3.63) is 0 Å². The maximum Gasteiger partial charge on any atom is 0.317 e. The number of nitrogens with zero attached hydrogens (tertiary/aromatic N) is 2. The molecule has 1 aliphatic carbocycles. The van der Waals surface area contributed by atoms with E-state index in [9.17, 15) is 19.5 Å². The van der Waals surface area contributed by atoms with Crippen LogP contribution in [-0.2, 0) is 9.59 Å². The summed E-state index contributed by atoms with van der Waals surface area (Å²) in [6.45, 7) is 2.76. The van der Waals surface area contributed by atoms with E-state index in [1.54, 1.807) is 4.90 Å². The van der Waals surface area contributed by atoms with Crippen LogP contribution in [0.1, 0.15) is 51.4 Å². The van der Waals surface area contributed by atoms with Gasteiger partial charge in [-0.3, -0.25) is 9.59 Å². The Morgan fingerprint density at radius 1 is 1.04 bits per heavy atom. The van der Waals surface area contributed by atoms with E-state index in [-0.39, 0.29) is 17.9 Å². The molecule has 2 saturated heterocycles. The number of carbonyl (C=O) groups is 3. The van der Waals surface area contributed by atoms with Crippen LogP contribution in [0.25, 0.3) is 0 Å². The lowest BCUT2D eigenvalue weighted by Gasteiger charge is -2.23. The standard InChI is InChI=1S/C18H29N3O4/c22-15(20-10-3-1-2-4-11-20)7-9-19-17(25)21-12-14-6-5-8-18(14,13-21)16(23)24/h14H,1-13H2,(H,19,25)(H,23,24)/t14-,18+/m0/s1. The quantitative estimate of drug-likeness (QED) is 0.806. The molecule has 0 bridgehead atoms. The summed E-state index contributed by atoms with van der Waals surface area (Å²) in [4.78, 5) is 39.8. The zero-order valence-corrected chi connectivity index (χ0v) is 14.8. The SMILES string of the molecule is O=C(CCNC(=O)N1C[C@@H]2CCC[C@@]2(C(=O)O)C1)N1CCCCCC1. The fraction of sp³-hybridized carbons (Fsp3) is 0.833. The summed E-state index contributed by atoms with van der Waals surface area (Å²) in [5.41, 5.74) is -0.751. The minimum Gasteiger partial charge on any atom is -0.481 e. The minimum atomic E-state index is -0.776. The molecular formula is C18H29N3O4. The van der Waals surface area contributed by atoms with Crippen LogP contribution >= 0.6 is 0 Å². The van der Waals surface area contributed by atoms with Gasteiger partial charge in [0.1, 0.15) is 0 Å². The second-order valence-corrected chi connectivity index (χ2v) is 7.71. The maximum atomic E-state index is 12.4. The number of carboxylic acids is 1. The van der Waals surface area contributed by atoms with Crippen molar-refractivity contribution in [2.75, 3.05) is 32.7 Å². The molecule has 3 amide bonds. The monoisotopic (exact) mass is 351 g/mol. The molecule has 0 aromatic heterocycles. The van der Waals surface area contributed by atoms with E-state index in [0.29, 0.717) is 32.5 Å². The zero-order valence-electron chi connectivity index (χ0n) is 14.8. The number of fused-ring (bicyclic) bond motifs is 1. The van der Waals surface area contributed by atoms with Gasteiger partial charge in [-0.2, -0.15) is 0 Å². The first-order chi connectivity index (χ1) is 12.0. The Balaban J connectivity index is 1.44. The van der Waals surface area contributed by atoms with Gasteiger partial charge in [0.2, 0.25) is 5.91 Å². The fourth-order valence-corrected chi connectivity index (χ4v) is 4.66. The number of rotatable bonds is 4. The lowest BCUT2D eigenvalue weighted by Crippen LogP contribution is -2.43. The third-order valence-corrected chi connectivity index (χ3v) is 6.16. The Morgan fingerprint density at radius 2 is 1.76 bits per heavy atom. The van der Waals surface area contributed by atoms with Gasteiger partial charge in [-0.1, -0.05) is 19.3 Å². The molecule has 2 N–H and O–H groups in total. The highest BCUT2D eigenvalue weighted by molar-refractivity contribution is 5.81. The number of hydrogen-bond donors (Lipinski definition) is 2. The van der Waals surface area contributed by atoms with E-state index in [4.69, 9.17) is 0 Å². The molecule has 0 aromatic carbocycles. The number of nitrogens with one attached hydrogen (secondary N) is 1. The van der Waals surface area contributed by atoms with Crippen molar-refractivity contribution in [3.8, 4) is 0 Å². The molecule has 2 atom stereocenters. The molecule has 2 heterocycles. The van der Waals surface area contributed by atoms with E-state index in [1.165, 1.54) is 12.8 Å². The van der Waals surface area contributed by atoms with Gasteiger partial charge in [-0.05, 0) is 31.6 Å². The summed E-state index contributed by atoms with van der Waals surface area (Å²) >= 11 is 0. The number of carboxylic acid groups (broad SMARTS) is 1. The lowest BCUT2D eigenvalue weighted by atomic mass is 9.81. The summed E-state index contributed by atoms with van der Waals surface area (Å²) in [5.74, 6) is -0.612. The van der Waals surface area contributed by atoms with Crippen molar-refractivity contribution >= 4 is 17.9 Å². The number of amides is 3. The predicted octanol–water partition coefficient (Wildman–Crippen LogP) is 1.68. The van der Waals surface area contributed by atoms with Crippen molar-refractivity contribution in [2.45, 2.75) is 51.4 Å². The normalized spacial score (nSPS) is 29.2. The molecule has 3 fully saturated rings. The molecule has 3 rings (SSSR count). The first-order valence-corrected chi connectivity index (χ1v) is 9.57. The van der Waals surface area contributed by atoms with E-state index < -0.39 is 11.4 Å². The van der Waals surface area contributed by atoms with Gasteiger partial charge in [0.25, 0.3) is 0 Å². The van der Waals surface area contributed by atoms with Gasteiger partial charge < -0.3 is 20.2 Å². The summed E-state index contributed by atoms with van der Waals surface area (Å²) < 4.78 is 0. The van der Waals surface area contributed by atoms with Gasteiger partial charge in [-0.25, -0.2) is 4.79 Å². The maximum absolute atomic E-state index is 12.4. The molecule has 0 unspecified atom stereocenters. The average Bonchev–Trinajstić information content (AvgIpc) is 3.02. The fourth-order valence-electron chi connectivity index (χ4n) is 4.66. The van der Waals surface area contributed by atoms with Crippen LogP contribution in [0.2, 0.25) is 0 Å². The summed E-state index contributed by atoms with van der Waals surface area (Å²) in [7, 11) is 0. The number of carbonyl (C=O) groups excluding carboxylic acids is 2. The number of aliphatic carboxylic acids is 1. The van der Waals surface area contributed by atoms with Gasteiger partial charge in [0, 0.05) is 39.1 Å². The van der Waals surface area contributed by atoms with Gasteiger partial charge >= 0.3 is 12.0 Å². The average molecular weight is 351 g/mol. The molecule has 0 spiro atoms. The number of urea groups is 1. The molecule has 0 aromatic rings. The van der Waals surface area contributed by atoms with Crippen LogP contribution in [0.5, 0.6) is 0 Å². The minimum absolute atomic E-state index is 0.0643. The largest absolute Gasteiger partial charge is 0.481 e. The smallest absolute Gasteiger partial charge is 0.317 e. The van der Waals surface area contributed by atoms with Gasteiger partial charge in [0.05, 0.1) is 5.41 Å². The number of hydrogen-bond acceptors (Lipinski definition) is 3. The second kappa shape index (κ2) is 7.62. The summed E-state index contributed by atoms with van der Waals surface area (Å²) in [6, 6.07) is -0.237. The predicted molar refractivity (Wildman–Crippen MR) is 92.0 cm³/mol. The van der Waals surface area contributed by atoms with Crippen LogP contribution in [0.4, 0.5) is 4.79 Å². The molecule has 7 nitrogen and oxygen atoms in total. The van der Waals surface area contributed by atoms with Crippen molar-refractivity contribution in [3.63, 3.8) is 0 Å². The van der Waals surface area contributed by atoms with Gasteiger partial charge in [0.15, 0.2) is 0 Å².